The van der Waals surface area contributed by atoms with Crippen molar-refractivity contribution >= 4 is 23.4 Å². The quantitative estimate of drug-likeness (QED) is 0.654. The zero-order valence-corrected chi connectivity index (χ0v) is 14.7. The monoisotopic (exact) mass is 374 g/mol. The van der Waals surface area contributed by atoms with Crippen molar-refractivity contribution < 1.29 is 18.8 Å². The van der Waals surface area contributed by atoms with Gasteiger partial charge in [-0.05, 0) is 42.5 Å². The molecular weight excluding hydrogens is 359 g/mol. The van der Waals surface area contributed by atoms with E-state index in [4.69, 9.17) is 0 Å². The van der Waals surface area contributed by atoms with E-state index >= 15 is 0 Å². The molecule has 0 saturated carbocycles. The number of hydrogen-bond acceptors (Lipinski definition) is 3. The number of rotatable bonds is 4. The van der Waals surface area contributed by atoms with Gasteiger partial charge in [-0.15, -0.1) is 0 Å². The minimum Gasteiger partial charge on any atom is -0.289 e. The van der Waals surface area contributed by atoms with Crippen molar-refractivity contribution in [2.24, 2.45) is 0 Å². The lowest BCUT2D eigenvalue weighted by atomic mass is 10.1. The molecule has 28 heavy (non-hydrogen) atoms. The molecule has 0 atom stereocenters. The van der Waals surface area contributed by atoms with E-state index in [0.717, 1.165) is 4.90 Å². The third kappa shape index (κ3) is 3.05. The Bertz CT molecular complexity index is 1050. The zero-order chi connectivity index (χ0) is 19.7. The van der Waals surface area contributed by atoms with Gasteiger partial charge in [0, 0.05) is 11.3 Å². The fourth-order valence-electron chi connectivity index (χ4n) is 3.15. The number of amides is 3. The first-order valence-electron chi connectivity index (χ1n) is 8.64. The lowest BCUT2D eigenvalue weighted by Crippen LogP contribution is -2.44. The minimum absolute atomic E-state index is 0.255. The highest BCUT2D eigenvalue weighted by Crippen LogP contribution is 2.25. The van der Waals surface area contributed by atoms with Gasteiger partial charge >= 0.3 is 0 Å². The molecule has 3 amide bonds. The average molecular weight is 374 g/mol. The molecule has 0 N–H and O–H groups in total. The van der Waals surface area contributed by atoms with Gasteiger partial charge in [0.15, 0.2) is 0 Å². The number of carbonyl (C=O) groups is 3. The Kier molecular flexibility index (Phi) is 4.45. The maximum Gasteiger partial charge on any atom is 0.263 e. The van der Waals surface area contributed by atoms with E-state index in [-0.39, 0.29) is 12.4 Å². The van der Waals surface area contributed by atoms with E-state index in [2.05, 4.69) is 0 Å². The Morgan fingerprint density at radius 1 is 0.821 bits per heavy atom. The summed E-state index contributed by atoms with van der Waals surface area (Å²) in [6, 6.07) is 20.4. The van der Waals surface area contributed by atoms with Crippen LogP contribution in [0.5, 0.6) is 0 Å². The molecule has 0 bridgehead atoms. The normalized spacial score (nSPS) is 12.8. The molecule has 4 rings (SSSR count). The highest BCUT2D eigenvalue weighted by molar-refractivity contribution is 6.22. The van der Waals surface area contributed by atoms with Gasteiger partial charge in [-0.25, -0.2) is 4.39 Å². The first-order valence-corrected chi connectivity index (χ1v) is 8.64. The summed E-state index contributed by atoms with van der Waals surface area (Å²) < 4.78 is 13.8. The molecule has 0 fully saturated rings. The van der Waals surface area contributed by atoms with Crippen LogP contribution in [0.4, 0.5) is 10.1 Å². The highest BCUT2D eigenvalue weighted by atomic mass is 19.1. The lowest BCUT2D eigenvalue weighted by molar-refractivity contribution is 0.0650. The standard InChI is InChI=1S/C22H15FN2O3/c23-16-9-6-10-17(13-16)24(20(26)15-7-2-1-3-8-15)14-25-21(27)18-11-4-5-12-19(18)22(25)28/h1-13H,14H2. The Balaban J connectivity index is 1.72. The van der Waals surface area contributed by atoms with E-state index in [1.165, 1.54) is 23.1 Å². The first-order chi connectivity index (χ1) is 13.6. The van der Waals surface area contributed by atoms with E-state index < -0.39 is 23.5 Å². The van der Waals surface area contributed by atoms with Crippen LogP contribution in [0.3, 0.4) is 0 Å². The maximum absolute atomic E-state index is 13.8. The van der Waals surface area contributed by atoms with Gasteiger partial charge < -0.3 is 0 Å². The number of nitrogens with zero attached hydrogens (tertiary/aromatic N) is 2. The summed E-state index contributed by atoms with van der Waals surface area (Å²) >= 11 is 0. The fraction of sp³-hybridized carbons (Fsp3) is 0.0455. The molecule has 1 aliphatic rings. The number of hydrogen-bond donors (Lipinski definition) is 0. The number of anilines is 1. The molecule has 0 saturated heterocycles. The molecule has 0 aromatic heterocycles. The number of benzene rings is 3. The smallest absolute Gasteiger partial charge is 0.263 e. The lowest BCUT2D eigenvalue weighted by Gasteiger charge is -2.27. The Labute approximate surface area is 160 Å². The molecule has 0 radical (unpaired) electrons. The maximum atomic E-state index is 13.8. The van der Waals surface area contributed by atoms with Gasteiger partial charge in [0.25, 0.3) is 17.7 Å². The summed E-state index contributed by atoms with van der Waals surface area (Å²) in [4.78, 5) is 40.7. The van der Waals surface area contributed by atoms with Gasteiger partial charge in [0.1, 0.15) is 12.5 Å². The molecule has 3 aromatic rings. The van der Waals surface area contributed by atoms with Crippen molar-refractivity contribution in [2.75, 3.05) is 11.6 Å². The van der Waals surface area contributed by atoms with Crippen LogP contribution < -0.4 is 4.90 Å². The van der Waals surface area contributed by atoms with Crippen LogP contribution in [-0.2, 0) is 0 Å². The highest BCUT2D eigenvalue weighted by Gasteiger charge is 2.37. The van der Waals surface area contributed by atoms with Gasteiger partial charge in [-0.1, -0.05) is 36.4 Å². The van der Waals surface area contributed by atoms with Gasteiger partial charge in [0.05, 0.1) is 11.1 Å². The molecule has 5 nitrogen and oxygen atoms in total. The Morgan fingerprint density at radius 3 is 2.04 bits per heavy atom. The van der Waals surface area contributed by atoms with Crippen LogP contribution in [0.2, 0.25) is 0 Å². The molecule has 1 heterocycles. The first kappa shape index (κ1) is 17.6. The second kappa shape index (κ2) is 7.08. The topological polar surface area (TPSA) is 57.7 Å². The third-order valence-electron chi connectivity index (χ3n) is 4.55. The second-order valence-corrected chi connectivity index (χ2v) is 6.30. The van der Waals surface area contributed by atoms with Crippen molar-refractivity contribution in [2.45, 2.75) is 0 Å². The predicted molar refractivity (Wildman–Crippen MR) is 101 cm³/mol. The van der Waals surface area contributed by atoms with E-state index in [1.54, 1.807) is 60.7 Å². The molecule has 0 unspecified atom stereocenters. The van der Waals surface area contributed by atoms with E-state index in [1.807, 2.05) is 0 Å². The predicted octanol–water partition coefficient (Wildman–Crippen LogP) is 3.73. The van der Waals surface area contributed by atoms with Crippen LogP contribution >= 0.6 is 0 Å². The molecule has 0 aliphatic carbocycles. The Morgan fingerprint density at radius 2 is 1.43 bits per heavy atom. The molecule has 138 valence electrons. The average Bonchev–Trinajstić information content (AvgIpc) is 2.97. The van der Waals surface area contributed by atoms with Gasteiger partial charge in [-0.2, -0.15) is 0 Å². The molecule has 1 aliphatic heterocycles. The van der Waals surface area contributed by atoms with Crippen LogP contribution in [0.1, 0.15) is 31.1 Å². The second-order valence-electron chi connectivity index (χ2n) is 6.30. The van der Waals surface area contributed by atoms with Gasteiger partial charge in [-0.3, -0.25) is 24.2 Å². The van der Waals surface area contributed by atoms with Crippen molar-refractivity contribution in [3.63, 3.8) is 0 Å². The fourth-order valence-corrected chi connectivity index (χ4v) is 3.15. The van der Waals surface area contributed by atoms with E-state index in [0.29, 0.717) is 16.7 Å². The summed E-state index contributed by atoms with van der Waals surface area (Å²) in [6.07, 6.45) is 0. The number of imide groups is 1. The van der Waals surface area contributed by atoms with Crippen molar-refractivity contribution in [3.05, 3.63) is 101 Å². The summed E-state index contributed by atoms with van der Waals surface area (Å²) in [7, 11) is 0. The molecular formula is C22H15FN2O3. The molecule has 0 spiro atoms. The van der Waals surface area contributed by atoms with Crippen LogP contribution in [0.15, 0.2) is 78.9 Å². The van der Waals surface area contributed by atoms with Crippen molar-refractivity contribution in [1.82, 2.24) is 4.90 Å². The summed E-state index contributed by atoms with van der Waals surface area (Å²) in [5, 5.41) is 0. The molecule has 6 heteroatoms. The van der Waals surface area contributed by atoms with E-state index in [9.17, 15) is 18.8 Å². The summed E-state index contributed by atoms with van der Waals surface area (Å²) in [6.45, 7) is -0.316. The van der Waals surface area contributed by atoms with Crippen LogP contribution in [0, 0.1) is 5.82 Å². The van der Waals surface area contributed by atoms with Crippen molar-refractivity contribution in [1.29, 1.82) is 0 Å². The van der Waals surface area contributed by atoms with Crippen LogP contribution in [0.25, 0.3) is 0 Å². The number of halogens is 1. The van der Waals surface area contributed by atoms with Crippen LogP contribution in [-0.4, -0.2) is 29.3 Å². The molecule has 3 aromatic carbocycles. The van der Waals surface area contributed by atoms with Crippen molar-refractivity contribution in [3.8, 4) is 0 Å². The Hall–Kier alpha value is -3.80. The number of carbonyl (C=O) groups excluding carboxylic acids is 3. The zero-order valence-electron chi connectivity index (χ0n) is 14.7. The van der Waals surface area contributed by atoms with Gasteiger partial charge in [0.2, 0.25) is 0 Å². The minimum atomic E-state index is -0.522. The SMILES string of the molecule is O=C1c2ccccc2C(=O)N1CN(C(=O)c1ccccc1)c1cccc(F)c1. The summed E-state index contributed by atoms with van der Waals surface area (Å²) in [5.41, 5.74) is 1.20. The largest absolute Gasteiger partial charge is 0.289 e. The summed E-state index contributed by atoms with van der Waals surface area (Å²) in [5.74, 6) is -1.93. The number of fused-ring (bicyclic) bond motifs is 1. The third-order valence-corrected chi connectivity index (χ3v) is 4.55.